The highest BCUT2D eigenvalue weighted by Crippen LogP contribution is 2.31. The number of halogens is 3. The van der Waals surface area contributed by atoms with Gasteiger partial charge in [-0.1, -0.05) is 23.7 Å². The van der Waals surface area contributed by atoms with E-state index in [2.05, 4.69) is 10.6 Å². The third-order valence-electron chi connectivity index (χ3n) is 7.03. The minimum Gasteiger partial charge on any atom is -0.339 e. The maximum atomic E-state index is 14.1. The lowest BCUT2D eigenvalue weighted by Crippen LogP contribution is -2.38. The third kappa shape index (κ3) is 5.86. The number of piperidine rings is 1. The Morgan fingerprint density at radius 1 is 0.789 bits per heavy atom. The molecule has 0 unspecified atom stereocenters. The van der Waals surface area contributed by atoms with Crippen molar-refractivity contribution < 1.29 is 23.2 Å². The SMILES string of the molecule is O=C(Nc1ccc(C2CCN(C(=O)c3cc(Cl)c(F)cc3F)CC2)cc1)c1ccc(NC(=O)C2CC2)cc1. The van der Waals surface area contributed by atoms with E-state index in [-0.39, 0.29) is 34.2 Å². The van der Waals surface area contributed by atoms with Gasteiger partial charge in [0.25, 0.3) is 11.8 Å². The summed E-state index contributed by atoms with van der Waals surface area (Å²) in [5.74, 6) is -2.23. The van der Waals surface area contributed by atoms with Crippen LogP contribution >= 0.6 is 11.6 Å². The van der Waals surface area contributed by atoms with Crippen LogP contribution < -0.4 is 10.6 Å². The fourth-order valence-electron chi connectivity index (χ4n) is 4.61. The molecule has 3 amide bonds. The molecular formula is C29H26ClF2N3O3. The van der Waals surface area contributed by atoms with Gasteiger partial charge < -0.3 is 15.5 Å². The van der Waals surface area contributed by atoms with E-state index in [0.717, 1.165) is 24.5 Å². The lowest BCUT2D eigenvalue weighted by atomic mass is 9.89. The van der Waals surface area contributed by atoms with Crippen LogP contribution in [0.4, 0.5) is 20.2 Å². The molecule has 3 aromatic rings. The van der Waals surface area contributed by atoms with Crippen LogP contribution in [0.1, 0.15) is 57.9 Å². The standard InChI is InChI=1S/C29H26ClF2N3O3/c30-24-15-23(25(31)16-26(24)32)29(38)35-13-11-18(12-14-35)17-3-7-21(8-4-17)33-28(37)20-5-9-22(10-6-20)34-27(36)19-1-2-19/h3-10,15-16,18-19H,1-2,11-14H2,(H,33,37)(H,34,36). The van der Waals surface area contributed by atoms with Crippen molar-refractivity contribution >= 4 is 40.7 Å². The molecule has 5 rings (SSSR count). The summed E-state index contributed by atoms with van der Waals surface area (Å²) in [4.78, 5) is 38.8. The van der Waals surface area contributed by atoms with E-state index in [1.165, 1.54) is 0 Å². The molecule has 2 fully saturated rings. The van der Waals surface area contributed by atoms with Gasteiger partial charge in [0.05, 0.1) is 10.6 Å². The van der Waals surface area contributed by atoms with Gasteiger partial charge in [0.2, 0.25) is 5.91 Å². The Hall–Kier alpha value is -3.78. The second-order valence-electron chi connectivity index (χ2n) is 9.73. The quantitative estimate of drug-likeness (QED) is 0.365. The van der Waals surface area contributed by atoms with Gasteiger partial charge in [-0.25, -0.2) is 8.78 Å². The van der Waals surface area contributed by atoms with Crippen LogP contribution in [0, 0.1) is 17.6 Å². The number of nitrogens with one attached hydrogen (secondary N) is 2. The molecule has 1 heterocycles. The van der Waals surface area contributed by atoms with E-state index in [4.69, 9.17) is 11.6 Å². The molecule has 0 radical (unpaired) electrons. The summed E-state index contributed by atoms with van der Waals surface area (Å²) in [5.41, 5.74) is 2.66. The minimum absolute atomic E-state index is 0.0197. The zero-order chi connectivity index (χ0) is 26.8. The summed E-state index contributed by atoms with van der Waals surface area (Å²) in [6.45, 7) is 0.876. The topological polar surface area (TPSA) is 78.5 Å². The Morgan fingerprint density at radius 2 is 1.39 bits per heavy atom. The average molecular weight is 538 g/mol. The zero-order valence-corrected chi connectivity index (χ0v) is 21.2. The highest BCUT2D eigenvalue weighted by molar-refractivity contribution is 6.31. The first-order valence-electron chi connectivity index (χ1n) is 12.5. The minimum atomic E-state index is -0.923. The second-order valence-corrected chi connectivity index (χ2v) is 10.1. The first-order valence-corrected chi connectivity index (χ1v) is 12.9. The van der Waals surface area contributed by atoms with Crippen molar-refractivity contribution in [1.29, 1.82) is 0 Å². The molecule has 0 atom stereocenters. The van der Waals surface area contributed by atoms with Crippen LogP contribution in [0.25, 0.3) is 0 Å². The van der Waals surface area contributed by atoms with Crippen LogP contribution in [0.15, 0.2) is 60.7 Å². The molecule has 1 aliphatic carbocycles. The number of hydrogen-bond donors (Lipinski definition) is 2. The molecule has 1 aliphatic heterocycles. The molecule has 9 heteroatoms. The Kier molecular flexibility index (Phi) is 7.42. The molecule has 196 valence electrons. The van der Waals surface area contributed by atoms with E-state index >= 15 is 0 Å². The first kappa shape index (κ1) is 25.9. The monoisotopic (exact) mass is 537 g/mol. The van der Waals surface area contributed by atoms with Crippen molar-refractivity contribution in [2.45, 2.75) is 31.6 Å². The molecule has 2 N–H and O–H groups in total. The molecule has 0 spiro atoms. The van der Waals surface area contributed by atoms with Crippen molar-refractivity contribution in [1.82, 2.24) is 4.90 Å². The fourth-order valence-corrected chi connectivity index (χ4v) is 4.77. The third-order valence-corrected chi connectivity index (χ3v) is 7.31. The molecule has 2 aliphatic rings. The Morgan fingerprint density at radius 3 is 2.03 bits per heavy atom. The molecular weight excluding hydrogens is 512 g/mol. The number of nitrogens with zero attached hydrogens (tertiary/aromatic N) is 1. The van der Waals surface area contributed by atoms with E-state index in [1.807, 2.05) is 24.3 Å². The number of carbonyl (C=O) groups is 3. The number of amides is 3. The first-order chi connectivity index (χ1) is 18.3. The number of rotatable bonds is 6. The van der Waals surface area contributed by atoms with Gasteiger partial charge >= 0.3 is 0 Å². The van der Waals surface area contributed by atoms with Crippen LogP contribution in [-0.4, -0.2) is 35.7 Å². The van der Waals surface area contributed by atoms with Crippen molar-refractivity contribution in [3.63, 3.8) is 0 Å². The predicted octanol–water partition coefficient (Wildman–Crippen LogP) is 6.24. The van der Waals surface area contributed by atoms with E-state index in [9.17, 15) is 23.2 Å². The fraction of sp³-hybridized carbons (Fsp3) is 0.276. The van der Waals surface area contributed by atoms with Gasteiger partial charge in [0.15, 0.2) is 0 Å². The van der Waals surface area contributed by atoms with Gasteiger partial charge in [-0.15, -0.1) is 0 Å². The summed E-state index contributed by atoms with van der Waals surface area (Å²) < 4.78 is 27.5. The van der Waals surface area contributed by atoms with Crippen LogP contribution in [0.2, 0.25) is 5.02 Å². The van der Waals surface area contributed by atoms with E-state index < -0.39 is 17.5 Å². The number of likely N-dealkylation sites (tertiary alicyclic amines) is 1. The number of carbonyl (C=O) groups excluding carboxylic acids is 3. The van der Waals surface area contributed by atoms with Gasteiger partial charge in [-0.3, -0.25) is 14.4 Å². The van der Waals surface area contributed by atoms with Crippen LogP contribution in [0.3, 0.4) is 0 Å². The molecule has 1 saturated heterocycles. The van der Waals surface area contributed by atoms with Crippen molar-refractivity contribution in [3.8, 4) is 0 Å². The van der Waals surface area contributed by atoms with Crippen molar-refractivity contribution in [2.24, 2.45) is 5.92 Å². The highest BCUT2D eigenvalue weighted by Gasteiger charge is 2.29. The summed E-state index contributed by atoms with van der Waals surface area (Å²) in [6, 6.07) is 16.0. The van der Waals surface area contributed by atoms with Crippen molar-refractivity contribution in [3.05, 3.63) is 94.0 Å². The Bertz CT molecular complexity index is 1370. The number of benzene rings is 3. The van der Waals surface area contributed by atoms with Gasteiger partial charge in [0.1, 0.15) is 11.6 Å². The van der Waals surface area contributed by atoms with Gasteiger partial charge in [-0.2, -0.15) is 0 Å². The molecule has 6 nitrogen and oxygen atoms in total. The molecule has 3 aromatic carbocycles. The number of anilines is 2. The molecule has 0 bridgehead atoms. The largest absolute Gasteiger partial charge is 0.339 e. The summed E-state index contributed by atoms with van der Waals surface area (Å²) >= 11 is 5.73. The van der Waals surface area contributed by atoms with Crippen molar-refractivity contribution in [2.75, 3.05) is 23.7 Å². The van der Waals surface area contributed by atoms with Gasteiger partial charge in [-0.05, 0) is 79.6 Å². The maximum Gasteiger partial charge on any atom is 0.256 e. The Balaban J connectivity index is 1.14. The second kappa shape index (κ2) is 10.9. The van der Waals surface area contributed by atoms with E-state index in [0.29, 0.717) is 48.9 Å². The lowest BCUT2D eigenvalue weighted by Gasteiger charge is -2.32. The van der Waals surface area contributed by atoms with Crippen LogP contribution in [-0.2, 0) is 4.79 Å². The summed E-state index contributed by atoms with van der Waals surface area (Å²) in [6.07, 6.45) is 3.24. The normalized spacial score (nSPS) is 15.7. The highest BCUT2D eigenvalue weighted by atomic mass is 35.5. The molecule has 38 heavy (non-hydrogen) atoms. The zero-order valence-electron chi connectivity index (χ0n) is 20.5. The maximum absolute atomic E-state index is 14.1. The lowest BCUT2D eigenvalue weighted by molar-refractivity contribution is -0.117. The summed E-state index contributed by atoms with van der Waals surface area (Å²) in [7, 11) is 0. The smallest absolute Gasteiger partial charge is 0.256 e. The van der Waals surface area contributed by atoms with E-state index in [1.54, 1.807) is 29.2 Å². The molecule has 0 aromatic heterocycles. The van der Waals surface area contributed by atoms with Gasteiger partial charge in [0, 0.05) is 42.0 Å². The predicted molar refractivity (Wildman–Crippen MR) is 141 cm³/mol. The number of hydrogen-bond acceptors (Lipinski definition) is 3. The molecule has 1 saturated carbocycles. The van der Waals surface area contributed by atoms with Crippen LogP contribution in [0.5, 0.6) is 0 Å². The summed E-state index contributed by atoms with van der Waals surface area (Å²) in [5, 5.41) is 5.45. The average Bonchev–Trinajstić information content (AvgIpc) is 3.77. The Labute approximate surface area is 224 Å².